The van der Waals surface area contributed by atoms with Crippen LogP contribution in [-0.2, 0) is 15.9 Å². The highest BCUT2D eigenvalue weighted by atomic mass is 16.7. The minimum atomic E-state index is -0.603. The zero-order valence-corrected chi connectivity index (χ0v) is 11.1. The molecule has 5 nitrogen and oxygen atoms in total. The molecule has 0 spiro atoms. The largest absolute Gasteiger partial charge is 0.486 e. The first-order valence-electron chi connectivity index (χ1n) is 6.59. The molecule has 2 atom stereocenters. The zero-order chi connectivity index (χ0) is 13.3. The lowest BCUT2D eigenvalue weighted by Crippen LogP contribution is -2.31. The van der Waals surface area contributed by atoms with Crippen LogP contribution in [0.3, 0.4) is 0 Å². The number of benzene rings is 1. The Labute approximate surface area is 112 Å². The van der Waals surface area contributed by atoms with Crippen LogP contribution < -0.4 is 15.2 Å². The Morgan fingerprint density at radius 3 is 2.79 bits per heavy atom. The molecule has 2 N–H and O–H groups in total. The van der Waals surface area contributed by atoms with Gasteiger partial charge in [0.1, 0.15) is 13.2 Å². The van der Waals surface area contributed by atoms with Crippen molar-refractivity contribution in [3.63, 3.8) is 0 Å². The SMILES string of the molecule is CC1(Cc2ccc3c(c2)OCCO3)OCC(CN)O1. The van der Waals surface area contributed by atoms with E-state index in [9.17, 15) is 0 Å². The van der Waals surface area contributed by atoms with Crippen molar-refractivity contribution in [1.29, 1.82) is 0 Å². The summed E-state index contributed by atoms with van der Waals surface area (Å²) < 4.78 is 22.6. The minimum Gasteiger partial charge on any atom is -0.486 e. The van der Waals surface area contributed by atoms with Crippen molar-refractivity contribution in [2.75, 3.05) is 26.4 Å². The van der Waals surface area contributed by atoms with Crippen molar-refractivity contribution in [2.45, 2.75) is 25.2 Å². The summed E-state index contributed by atoms with van der Waals surface area (Å²) in [6.45, 7) is 4.18. The van der Waals surface area contributed by atoms with E-state index in [-0.39, 0.29) is 6.10 Å². The average molecular weight is 265 g/mol. The van der Waals surface area contributed by atoms with Gasteiger partial charge in [0.05, 0.1) is 12.7 Å². The number of ether oxygens (including phenoxy) is 4. The third-order valence-electron chi connectivity index (χ3n) is 3.39. The van der Waals surface area contributed by atoms with Gasteiger partial charge in [-0.1, -0.05) is 6.07 Å². The highest BCUT2D eigenvalue weighted by Gasteiger charge is 2.36. The van der Waals surface area contributed by atoms with Gasteiger partial charge in [0.25, 0.3) is 0 Å². The van der Waals surface area contributed by atoms with Crippen molar-refractivity contribution >= 4 is 0 Å². The van der Waals surface area contributed by atoms with Gasteiger partial charge in [0.15, 0.2) is 17.3 Å². The maximum Gasteiger partial charge on any atom is 0.170 e. The number of hydrogen-bond donors (Lipinski definition) is 1. The lowest BCUT2D eigenvalue weighted by Gasteiger charge is -2.24. The predicted octanol–water partition coefficient (Wildman–Crippen LogP) is 1.09. The van der Waals surface area contributed by atoms with Gasteiger partial charge in [-0.2, -0.15) is 0 Å². The summed E-state index contributed by atoms with van der Waals surface area (Å²) >= 11 is 0. The number of rotatable bonds is 3. The van der Waals surface area contributed by atoms with Crippen molar-refractivity contribution in [1.82, 2.24) is 0 Å². The van der Waals surface area contributed by atoms with Crippen LogP contribution >= 0.6 is 0 Å². The van der Waals surface area contributed by atoms with E-state index in [2.05, 4.69) is 0 Å². The Hall–Kier alpha value is -1.30. The van der Waals surface area contributed by atoms with E-state index in [0.29, 0.717) is 32.8 Å². The lowest BCUT2D eigenvalue weighted by atomic mass is 10.1. The summed E-state index contributed by atoms with van der Waals surface area (Å²) in [5.41, 5.74) is 6.70. The Bertz CT molecular complexity index is 465. The molecule has 0 bridgehead atoms. The molecule has 1 saturated heterocycles. The Morgan fingerprint density at radius 2 is 2.05 bits per heavy atom. The minimum absolute atomic E-state index is 0.0118. The molecule has 2 unspecified atom stereocenters. The van der Waals surface area contributed by atoms with Crippen LogP contribution in [0.5, 0.6) is 11.5 Å². The molecule has 5 heteroatoms. The van der Waals surface area contributed by atoms with Crippen molar-refractivity contribution in [3.05, 3.63) is 23.8 Å². The van der Waals surface area contributed by atoms with Gasteiger partial charge in [-0.3, -0.25) is 0 Å². The molecule has 1 aromatic rings. The van der Waals surface area contributed by atoms with E-state index in [1.807, 2.05) is 25.1 Å². The van der Waals surface area contributed by atoms with Crippen molar-refractivity contribution in [2.24, 2.45) is 5.73 Å². The molecule has 0 saturated carbocycles. The average Bonchev–Trinajstić information content (AvgIpc) is 2.80. The molecular weight excluding hydrogens is 246 g/mol. The molecule has 0 amide bonds. The first-order valence-corrected chi connectivity index (χ1v) is 6.59. The number of hydrogen-bond acceptors (Lipinski definition) is 5. The topological polar surface area (TPSA) is 62.9 Å². The van der Waals surface area contributed by atoms with E-state index in [4.69, 9.17) is 24.7 Å². The molecule has 0 aliphatic carbocycles. The van der Waals surface area contributed by atoms with Gasteiger partial charge in [-0.05, 0) is 24.6 Å². The maximum atomic E-state index is 5.83. The summed E-state index contributed by atoms with van der Waals surface area (Å²) in [4.78, 5) is 0. The molecule has 1 aromatic carbocycles. The highest BCUT2D eigenvalue weighted by Crippen LogP contribution is 2.33. The fourth-order valence-electron chi connectivity index (χ4n) is 2.47. The standard InChI is InChI=1S/C14H19NO4/c1-14(18-9-11(8-15)19-14)7-10-2-3-12-13(6-10)17-5-4-16-12/h2-3,6,11H,4-5,7-9,15H2,1H3. The number of fused-ring (bicyclic) bond motifs is 1. The maximum absolute atomic E-state index is 5.83. The summed E-state index contributed by atoms with van der Waals surface area (Å²) in [6.07, 6.45) is 0.655. The molecule has 2 aliphatic heterocycles. The van der Waals surface area contributed by atoms with E-state index in [1.165, 1.54) is 0 Å². The molecule has 0 radical (unpaired) electrons. The van der Waals surface area contributed by atoms with E-state index in [0.717, 1.165) is 17.1 Å². The Kier molecular flexibility index (Phi) is 3.35. The summed E-state index contributed by atoms with van der Waals surface area (Å²) in [6, 6.07) is 5.94. The molecule has 2 heterocycles. The van der Waals surface area contributed by atoms with Gasteiger partial charge >= 0.3 is 0 Å². The molecule has 2 aliphatic rings. The molecular formula is C14H19NO4. The third kappa shape index (κ3) is 2.68. The van der Waals surface area contributed by atoms with E-state index < -0.39 is 5.79 Å². The normalized spacial score (nSPS) is 29.5. The fourth-order valence-corrected chi connectivity index (χ4v) is 2.47. The molecule has 104 valence electrons. The van der Waals surface area contributed by atoms with E-state index >= 15 is 0 Å². The second kappa shape index (κ2) is 5.00. The van der Waals surface area contributed by atoms with Crippen LogP contribution in [0.25, 0.3) is 0 Å². The summed E-state index contributed by atoms with van der Waals surface area (Å²) in [5, 5.41) is 0. The Balaban J connectivity index is 1.73. The second-order valence-electron chi connectivity index (χ2n) is 5.08. The monoisotopic (exact) mass is 265 g/mol. The fraction of sp³-hybridized carbons (Fsp3) is 0.571. The van der Waals surface area contributed by atoms with Gasteiger partial charge < -0.3 is 24.7 Å². The van der Waals surface area contributed by atoms with Crippen molar-refractivity contribution in [3.8, 4) is 11.5 Å². The lowest BCUT2D eigenvalue weighted by molar-refractivity contribution is -0.151. The van der Waals surface area contributed by atoms with Crippen LogP contribution in [0.4, 0.5) is 0 Å². The van der Waals surface area contributed by atoms with Crippen LogP contribution in [0.15, 0.2) is 18.2 Å². The highest BCUT2D eigenvalue weighted by molar-refractivity contribution is 5.44. The van der Waals surface area contributed by atoms with Gasteiger partial charge in [0, 0.05) is 13.0 Å². The summed E-state index contributed by atoms with van der Waals surface area (Å²) in [7, 11) is 0. The second-order valence-corrected chi connectivity index (χ2v) is 5.08. The van der Waals surface area contributed by atoms with Crippen LogP contribution in [0, 0.1) is 0 Å². The predicted molar refractivity (Wildman–Crippen MR) is 69.4 cm³/mol. The molecule has 3 rings (SSSR count). The Morgan fingerprint density at radius 1 is 1.26 bits per heavy atom. The third-order valence-corrected chi connectivity index (χ3v) is 3.39. The quantitative estimate of drug-likeness (QED) is 0.886. The van der Waals surface area contributed by atoms with Crippen LogP contribution in [0.1, 0.15) is 12.5 Å². The van der Waals surface area contributed by atoms with E-state index in [1.54, 1.807) is 0 Å². The van der Waals surface area contributed by atoms with Crippen LogP contribution in [-0.4, -0.2) is 38.3 Å². The smallest absolute Gasteiger partial charge is 0.170 e. The molecule has 19 heavy (non-hydrogen) atoms. The first kappa shape index (κ1) is 12.7. The van der Waals surface area contributed by atoms with Crippen LogP contribution in [0.2, 0.25) is 0 Å². The van der Waals surface area contributed by atoms with Gasteiger partial charge in [-0.25, -0.2) is 0 Å². The van der Waals surface area contributed by atoms with Gasteiger partial charge in [0.2, 0.25) is 0 Å². The molecule has 0 aromatic heterocycles. The number of nitrogens with two attached hydrogens (primary N) is 1. The summed E-state index contributed by atoms with van der Waals surface area (Å²) in [5.74, 6) is 0.988. The van der Waals surface area contributed by atoms with Gasteiger partial charge in [-0.15, -0.1) is 0 Å². The van der Waals surface area contributed by atoms with Crippen molar-refractivity contribution < 1.29 is 18.9 Å². The first-order chi connectivity index (χ1) is 9.18. The zero-order valence-electron chi connectivity index (χ0n) is 11.1. The molecule has 1 fully saturated rings.